The number of methoxy groups -OCH3 is 1. The van der Waals surface area contributed by atoms with E-state index in [4.69, 9.17) is 4.74 Å². The lowest BCUT2D eigenvalue weighted by Gasteiger charge is -2.33. The molecule has 0 aliphatic heterocycles. The van der Waals surface area contributed by atoms with Gasteiger partial charge in [0.2, 0.25) is 5.95 Å². The molecule has 1 fully saturated rings. The average molecular weight is 326 g/mol. The number of carbonyl (C=O) groups excluding carboxylic acids is 1. The molecule has 0 bridgehead atoms. The number of carbonyl (C=O) groups is 1. The van der Waals surface area contributed by atoms with Crippen molar-refractivity contribution in [3.63, 3.8) is 0 Å². The maximum Gasteiger partial charge on any atom is 0.308 e. The van der Waals surface area contributed by atoms with Gasteiger partial charge in [0.15, 0.2) is 0 Å². The maximum absolute atomic E-state index is 11.4. The highest BCUT2D eigenvalue weighted by Crippen LogP contribution is 2.30. The first-order valence-electron chi connectivity index (χ1n) is 8.02. The number of anilines is 2. The second kappa shape index (κ2) is 6.86. The summed E-state index contributed by atoms with van der Waals surface area (Å²) in [5.74, 6) is 0.454. The number of ether oxygens (including phenoxy) is 1. The molecule has 6 heteroatoms. The number of rotatable bonds is 5. The molecular formula is C18H22N4O2. The van der Waals surface area contributed by atoms with Crippen LogP contribution in [0.15, 0.2) is 36.5 Å². The van der Waals surface area contributed by atoms with Gasteiger partial charge in [0.1, 0.15) is 0 Å². The standard InChI is InChI=1S/C18H22N4O2/c1-22(2)15-6-4-12(5-7-15)16-8-9-19-18(21-16)20-14-10-13(11-14)17(23)24-3/h4-9,13-14H,10-11H2,1-3H3,(H,19,20,21). The van der Waals surface area contributed by atoms with Crippen molar-refractivity contribution < 1.29 is 9.53 Å². The molecule has 2 aromatic rings. The van der Waals surface area contributed by atoms with E-state index in [-0.39, 0.29) is 17.9 Å². The molecule has 1 N–H and O–H groups in total. The molecule has 0 unspecified atom stereocenters. The summed E-state index contributed by atoms with van der Waals surface area (Å²) < 4.78 is 4.75. The molecule has 0 atom stereocenters. The normalized spacial score (nSPS) is 19.3. The largest absolute Gasteiger partial charge is 0.469 e. The van der Waals surface area contributed by atoms with Crippen LogP contribution in [-0.4, -0.2) is 43.2 Å². The van der Waals surface area contributed by atoms with E-state index in [9.17, 15) is 4.79 Å². The molecule has 0 spiro atoms. The number of esters is 1. The highest BCUT2D eigenvalue weighted by atomic mass is 16.5. The Morgan fingerprint density at radius 2 is 1.92 bits per heavy atom. The van der Waals surface area contributed by atoms with Crippen LogP contribution < -0.4 is 10.2 Å². The summed E-state index contributed by atoms with van der Waals surface area (Å²) in [4.78, 5) is 22.3. The van der Waals surface area contributed by atoms with Gasteiger partial charge in [0.05, 0.1) is 18.7 Å². The van der Waals surface area contributed by atoms with Gasteiger partial charge in [0.25, 0.3) is 0 Å². The minimum Gasteiger partial charge on any atom is -0.469 e. The predicted molar refractivity (Wildman–Crippen MR) is 93.9 cm³/mol. The quantitative estimate of drug-likeness (QED) is 0.852. The molecule has 1 aromatic carbocycles. The smallest absolute Gasteiger partial charge is 0.308 e. The first-order valence-corrected chi connectivity index (χ1v) is 8.02. The monoisotopic (exact) mass is 326 g/mol. The molecule has 3 rings (SSSR count). The Hall–Kier alpha value is -2.63. The molecule has 0 amide bonds. The minimum absolute atomic E-state index is 0.00531. The third-order valence-electron chi connectivity index (χ3n) is 4.34. The Morgan fingerprint density at radius 1 is 1.21 bits per heavy atom. The fraction of sp³-hybridized carbons (Fsp3) is 0.389. The molecule has 24 heavy (non-hydrogen) atoms. The lowest BCUT2D eigenvalue weighted by molar-refractivity contribution is -0.148. The van der Waals surface area contributed by atoms with Crippen molar-refractivity contribution in [1.82, 2.24) is 9.97 Å². The first-order chi connectivity index (χ1) is 11.6. The van der Waals surface area contributed by atoms with E-state index in [1.807, 2.05) is 20.2 Å². The Labute approximate surface area is 141 Å². The molecule has 0 saturated heterocycles. The number of nitrogens with one attached hydrogen (secondary N) is 1. The van der Waals surface area contributed by atoms with Crippen LogP contribution in [0.4, 0.5) is 11.6 Å². The molecular weight excluding hydrogens is 304 g/mol. The van der Waals surface area contributed by atoms with Gasteiger partial charge in [-0.25, -0.2) is 9.97 Å². The van der Waals surface area contributed by atoms with Crippen molar-refractivity contribution >= 4 is 17.6 Å². The SMILES string of the molecule is COC(=O)C1CC(Nc2nccc(-c3ccc(N(C)C)cc3)n2)C1. The van der Waals surface area contributed by atoms with Gasteiger partial charge in [-0.1, -0.05) is 12.1 Å². The van der Waals surface area contributed by atoms with Crippen LogP contribution in [-0.2, 0) is 9.53 Å². The third-order valence-corrected chi connectivity index (χ3v) is 4.34. The molecule has 1 aliphatic carbocycles. The van der Waals surface area contributed by atoms with Crippen molar-refractivity contribution in [2.75, 3.05) is 31.4 Å². The van der Waals surface area contributed by atoms with Gasteiger partial charge in [-0.3, -0.25) is 4.79 Å². The molecule has 1 aromatic heterocycles. The summed E-state index contributed by atoms with van der Waals surface area (Å²) in [7, 11) is 5.46. The van der Waals surface area contributed by atoms with Gasteiger partial charge in [-0.05, 0) is 31.0 Å². The van der Waals surface area contributed by atoms with E-state index >= 15 is 0 Å². The topological polar surface area (TPSA) is 67.3 Å². The average Bonchev–Trinajstić information content (AvgIpc) is 2.57. The van der Waals surface area contributed by atoms with Gasteiger partial charge in [0, 0.05) is 37.6 Å². The van der Waals surface area contributed by atoms with Crippen molar-refractivity contribution in [3.05, 3.63) is 36.5 Å². The fourth-order valence-electron chi connectivity index (χ4n) is 2.80. The lowest BCUT2D eigenvalue weighted by atomic mass is 9.80. The van der Waals surface area contributed by atoms with E-state index in [0.717, 1.165) is 29.8 Å². The summed E-state index contributed by atoms with van der Waals surface area (Å²) in [6, 6.07) is 10.4. The van der Waals surface area contributed by atoms with Crippen LogP contribution in [0, 0.1) is 5.92 Å². The Bertz CT molecular complexity index is 709. The molecule has 1 saturated carbocycles. The van der Waals surface area contributed by atoms with Crippen LogP contribution in [0.5, 0.6) is 0 Å². The van der Waals surface area contributed by atoms with E-state index < -0.39 is 0 Å². The highest BCUT2D eigenvalue weighted by Gasteiger charge is 2.35. The first kappa shape index (κ1) is 16.2. The van der Waals surface area contributed by atoms with Gasteiger partial charge < -0.3 is 15.0 Å². The third kappa shape index (κ3) is 3.48. The van der Waals surface area contributed by atoms with Gasteiger partial charge >= 0.3 is 5.97 Å². The van der Waals surface area contributed by atoms with Crippen molar-refractivity contribution in [3.8, 4) is 11.3 Å². The summed E-state index contributed by atoms with van der Waals surface area (Å²) in [5, 5.41) is 3.29. The summed E-state index contributed by atoms with van der Waals surface area (Å²) in [5.41, 5.74) is 3.07. The van der Waals surface area contributed by atoms with E-state index in [2.05, 4.69) is 44.5 Å². The van der Waals surface area contributed by atoms with E-state index in [1.54, 1.807) is 6.20 Å². The van der Waals surface area contributed by atoms with Crippen LogP contribution in [0.2, 0.25) is 0 Å². The van der Waals surface area contributed by atoms with Crippen LogP contribution in [0.1, 0.15) is 12.8 Å². The van der Waals surface area contributed by atoms with Crippen LogP contribution in [0.25, 0.3) is 11.3 Å². The Morgan fingerprint density at radius 3 is 2.54 bits per heavy atom. The number of benzene rings is 1. The van der Waals surface area contributed by atoms with Gasteiger partial charge in [-0.2, -0.15) is 0 Å². The van der Waals surface area contributed by atoms with E-state index in [0.29, 0.717) is 5.95 Å². The fourth-order valence-corrected chi connectivity index (χ4v) is 2.80. The lowest BCUT2D eigenvalue weighted by Crippen LogP contribution is -2.40. The zero-order valence-electron chi connectivity index (χ0n) is 14.2. The summed E-state index contributed by atoms with van der Waals surface area (Å²) in [6.07, 6.45) is 3.27. The number of nitrogens with zero attached hydrogens (tertiary/aromatic N) is 3. The highest BCUT2D eigenvalue weighted by molar-refractivity contribution is 5.73. The molecule has 1 heterocycles. The number of hydrogen-bond acceptors (Lipinski definition) is 6. The summed E-state index contributed by atoms with van der Waals surface area (Å²) in [6.45, 7) is 0. The van der Waals surface area contributed by atoms with E-state index in [1.165, 1.54) is 7.11 Å². The second-order valence-electron chi connectivity index (χ2n) is 6.24. The minimum atomic E-state index is -0.135. The molecule has 0 radical (unpaired) electrons. The Kier molecular flexibility index (Phi) is 4.64. The zero-order chi connectivity index (χ0) is 17.1. The van der Waals surface area contributed by atoms with Crippen molar-refractivity contribution in [2.45, 2.75) is 18.9 Å². The van der Waals surface area contributed by atoms with Gasteiger partial charge in [-0.15, -0.1) is 0 Å². The van der Waals surface area contributed by atoms with Crippen LogP contribution in [0.3, 0.4) is 0 Å². The van der Waals surface area contributed by atoms with Crippen molar-refractivity contribution in [2.24, 2.45) is 5.92 Å². The van der Waals surface area contributed by atoms with Crippen LogP contribution >= 0.6 is 0 Å². The Balaban J connectivity index is 1.65. The molecule has 126 valence electrons. The predicted octanol–water partition coefficient (Wildman–Crippen LogP) is 2.57. The maximum atomic E-state index is 11.4. The second-order valence-corrected chi connectivity index (χ2v) is 6.24. The number of aromatic nitrogens is 2. The summed E-state index contributed by atoms with van der Waals surface area (Å²) >= 11 is 0. The van der Waals surface area contributed by atoms with Crippen molar-refractivity contribution in [1.29, 1.82) is 0 Å². The zero-order valence-corrected chi connectivity index (χ0v) is 14.2. The molecule has 6 nitrogen and oxygen atoms in total. The number of hydrogen-bond donors (Lipinski definition) is 1. The molecule has 1 aliphatic rings.